The highest BCUT2D eigenvalue weighted by molar-refractivity contribution is 7.84. The maximum atomic E-state index is 5.86. The van der Waals surface area contributed by atoms with E-state index < -0.39 is 11.1 Å². The maximum Gasteiger partial charge on any atom is 0.234 e. The molecule has 0 spiro atoms. The molecule has 17 heavy (non-hydrogen) atoms. The highest BCUT2D eigenvalue weighted by Crippen LogP contribution is 2.37. The molecule has 1 unspecified atom stereocenters. The first-order valence-electron chi connectivity index (χ1n) is 5.95. The fraction of sp³-hybridized carbons (Fsp3) is 0.800. The number of halogens is 2. The third kappa shape index (κ3) is 2.43. The summed E-state index contributed by atoms with van der Waals surface area (Å²) in [5.41, 5.74) is 0. The van der Waals surface area contributed by atoms with Crippen LogP contribution >= 0.6 is 23.2 Å². The molecule has 0 radical (unpaired) electrons. The molecule has 2 fully saturated rings. The predicted molar refractivity (Wildman–Crippen MR) is 73.4 cm³/mol. The van der Waals surface area contributed by atoms with Crippen LogP contribution in [0.5, 0.6) is 0 Å². The van der Waals surface area contributed by atoms with E-state index in [-0.39, 0.29) is 10.6 Å². The SMILES string of the molecule is ClC1=NC(Cl)=NS(N2CC[C@@H]3CCCC[C@@H]32)=N1. The first kappa shape index (κ1) is 12.1. The Labute approximate surface area is 113 Å². The van der Waals surface area contributed by atoms with Crippen molar-refractivity contribution >= 4 is 44.9 Å². The van der Waals surface area contributed by atoms with Gasteiger partial charge in [0, 0.05) is 12.6 Å². The zero-order chi connectivity index (χ0) is 11.8. The number of fused-ring (bicyclic) bond motifs is 1. The van der Waals surface area contributed by atoms with Crippen LogP contribution in [0.3, 0.4) is 0 Å². The van der Waals surface area contributed by atoms with Crippen LogP contribution in [0.15, 0.2) is 13.8 Å². The Morgan fingerprint density at radius 1 is 1.12 bits per heavy atom. The Kier molecular flexibility index (Phi) is 3.52. The molecule has 94 valence electrons. The van der Waals surface area contributed by atoms with Crippen molar-refractivity contribution in [2.24, 2.45) is 19.7 Å². The molecule has 0 aromatic carbocycles. The zero-order valence-corrected chi connectivity index (χ0v) is 11.7. The summed E-state index contributed by atoms with van der Waals surface area (Å²) in [5, 5.41) is 0.459. The molecule has 1 aliphatic carbocycles. The van der Waals surface area contributed by atoms with Gasteiger partial charge in [0.15, 0.2) is 0 Å². The monoisotopic (exact) mass is 292 g/mol. The highest BCUT2D eigenvalue weighted by Gasteiger charge is 2.38. The second-order valence-electron chi connectivity index (χ2n) is 4.62. The average Bonchev–Trinajstić information content (AvgIpc) is 2.71. The Balaban J connectivity index is 1.84. The summed E-state index contributed by atoms with van der Waals surface area (Å²) in [6.45, 7) is 1.06. The quantitative estimate of drug-likeness (QED) is 0.685. The van der Waals surface area contributed by atoms with E-state index in [0.717, 1.165) is 12.5 Å². The minimum absolute atomic E-state index is 0.229. The fourth-order valence-corrected chi connectivity index (χ4v) is 4.91. The number of amidine groups is 2. The van der Waals surface area contributed by atoms with Gasteiger partial charge in [-0.25, -0.2) is 4.31 Å². The van der Waals surface area contributed by atoms with Crippen LogP contribution in [0.25, 0.3) is 0 Å². The molecular formula is C10H14Cl2N4S. The van der Waals surface area contributed by atoms with Crippen LogP contribution in [-0.2, 0) is 11.1 Å². The lowest BCUT2D eigenvalue weighted by atomic mass is 9.86. The highest BCUT2D eigenvalue weighted by atomic mass is 35.5. The molecule has 2 heterocycles. The van der Waals surface area contributed by atoms with Gasteiger partial charge in [-0.15, -0.1) is 0 Å². The maximum absolute atomic E-state index is 5.86. The minimum Gasteiger partial charge on any atom is -0.219 e. The molecule has 1 saturated carbocycles. The predicted octanol–water partition coefficient (Wildman–Crippen LogP) is 3.09. The van der Waals surface area contributed by atoms with Crippen molar-refractivity contribution in [3.8, 4) is 0 Å². The van der Waals surface area contributed by atoms with E-state index in [0.29, 0.717) is 6.04 Å². The van der Waals surface area contributed by atoms with Crippen LogP contribution in [0.2, 0.25) is 0 Å². The number of nitrogens with zero attached hydrogens (tertiary/aromatic N) is 4. The summed E-state index contributed by atoms with van der Waals surface area (Å²) in [7, 11) is 0. The van der Waals surface area contributed by atoms with Gasteiger partial charge < -0.3 is 0 Å². The normalized spacial score (nSPS) is 38.1. The van der Waals surface area contributed by atoms with Gasteiger partial charge in [0.25, 0.3) is 0 Å². The number of hydrogen-bond acceptors (Lipinski definition) is 4. The first-order chi connectivity index (χ1) is 8.24. The molecule has 2 aliphatic heterocycles. The van der Waals surface area contributed by atoms with Crippen molar-refractivity contribution < 1.29 is 0 Å². The minimum atomic E-state index is -0.547. The van der Waals surface area contributed by atoms with E-state index >= 15 is 0 Å². The van der Waals surface area contributed by atoms with Gasteiger partial charge in [0.05, 0.1) is 0 Å². The largest absolute Gasteiger partial charge is 0.234 e. The Morgan fingerprint density at radius 3 is 2.76 bits per heavy atom. The summed E-state index contributed by atoms with van der Waals surface area (Å²) >= 11 is 11.2. The Morgan fingerprint density at radius 2 is 1.94 bits per heavy atom. The van der Waals surface area contributed by atoms with Gasteiger partial charge in [-0.2, -0.15) is 13.8 Å². The molecule has 4 nitrogen and oxygen atoms in total. The molecule has 1 saturated heterocycles. The van der Waals surface area contributed by atoms with Crippen molar-refractivity contribution in [2.45, 2.75) is 38.1 Å². The van der Waals surface area contributed by atoms with E-state index in [4.69, 9.17) is 23.2 Å². The van der Waals surface area contributed by atoms with Crippen LogP contribution in [0, 0.1) is 5.92 Å². The smallest absolute Gasteiger partial charge is 0.219 e. The molecule has 0 aromatic heterocycles. The second kappa shape index (κ2) is 4.96. The van der Waals surface area contributed by atoms with Crippen LogP contribution in [-0.4, -0.2) is 27.5 Å². The summed E-state index contributed by atoms with van der Waals surface area (Å²) in [6.07, 6.45) is 6.54. The van der Waals surface area contributed by atoms with E-state index in [1.54, 1.807) is 0 Å². The number of rotatable bonds is 1. The molecule has 7 heteroatoms. The number of hydrogen-bond donors (Lipinski definition) is 0. The average molecular weight is 293 g/mol. The zero-order valence-electron chi connectivity index (χ0n) is 9.35. The topological polar surface area (TPSA) is 40.3 Å². The number of aliphatic imine (C=N–C) groups is 1. The molecule has 0 aromatic rings. The third-order valence-electron chi connectivity index (χ3n) is 3.67. The van der Waals surface area contributed by atoms with Crippen LogP contribution in [0.4, 0.5) is 0 Å². The van der Waals surface area contributed by atoms with Gasteiger partial charge in [0.1, 0.15) is 11.1 Å². The molecule has 3 aliphatic rings. The van der Waals surface area contributed by atoms with E-state index in [9.17, 15) is 0 Å². The van der Waals surface area contributed by atoms with E-state index in [1.807, 2.05) is 0 Å². The van der Waals surface area contributed by atoms with Crippen LogP contribution in [0.1, 0.15) is 32.1 Å². The molecule has 0 amide bonds. The van der Waals surface area contributed by atoms with E-state index in [2.05, 4.69) is 18.1 Å². The van der Waals surface area contributed by atoms with E-state index in [1.165, 1.54) is 32.1 Å². The van der Waals surface area contributed by atoms with Crippen LogP contribution < -0.4 is 0 Å². The molecule has 3 rings (SSSR count). The summed E-state index contributed by atoms with van der Waals surface area (Å²) in [5.74, 6) is 0.818. The lowest BCUT2D eigenvalue weighted by molar-refractivity contribution is 0.271. The Hall–Kier alpha value is 0.0300. The molecule has 0 bridgehead atoms. The standard InChI is InChI=1S/C10H14Cl2N4S/c11-9-13-10(12)15-17(14-9)16-6-5-7-3-1-2-4-8(7)16/h7-8H,1-6H2/t7-,8-/m0/s1. The summed E-state index contributed by atoms with van der Waals surface area (Å²) in [4.78, 5) is 3.82. The van der Waals surface area contributed by atoms with Crippen molar-refractivity contribution in [3.63, 3.8) is 0 Å². The Bertz CT molecular complexity index is 418. The third-order valence-corrected chi connectivity index (χ3v) is 5.75. The second-order valence-corrected chi connectivity index (χ2v) is 6.62. The van der Waals surface area contributed by atoms with Gasteiger partial charge in [-0.3, -0.25) is 0 Å². The van der Waals surface area contributed by atoms with Gasteiger partial charge >= 0.3 is 0 Å². The van der Waals surface area contributed by atoms with Crippen molar-refractivity contribution in [1.29, 1.82) is 0 Å². The van der Waals surface area contributed by atoms with Crippen molar-refractivity contribution in [3.05, 3.63) is 0 Å². The van der Waals surface area contributed by atoms with Crippen molar-refractivity contribution in [1.82, 2.24) is 4.31 Å². The lowest BCUT2D eigenvalue weighted by Crippen LogP contribution is -2.36. The lowest BCUT2D eigenvalue weighted by Gasteiger charge is -2.31. The van der Waals surface area contributed by atoms with Gasteiger partial charge in [-0.05, 0) is 48.4 Å². The van der Waals surface area contributed by atoms with Gasteiger partial charge in [-0.1, -0.05) is 12.8 Å². The summed E-state index contributed by atoms with van der Waals surface area (Å²) in [6, 6.07) is 0.617. The molecule has 0 N–H and O–H groups in total. The van der Waals surface area contributed by atoms with Crippen molar-refractivity contribution in [2.75, 3.05) is 6.54 Å². The first-order valence-corrected chi connectivity index (χ1v) is 7.80. The van der Waals surface area contributed by atoms with Gasteiger partial charge in [0.2, 0.25) is 10.6 Å². The fourth-order valence-electron chi connectivity index (χ4n) is 2.94. The molecular weight excluding hydrogens is 279 g/mol. The molecule has 3 atom stereocenters. The summed E-state index contributed by atoms with van der Waals surface area (Å²) < 4.78 is 11.0.